The van der Waals surface area contributed by atoms with Gasteiger partial charge in [-0.3, -0.25) is 5.41 Å². The Morgan fingerprint density at radius 1 is 1.00 bits per heavy atom. The van der Waals surface area contributed by atoms with Gasteiger partial charge in [-0.25, -0.2) is 8.78 Å². The fourth-order valence-corrected chi connectivity index (χ4v) is 1.61. The zero-order valence-corrected chi connectivity index (χ0v) is 10.6. The largest absolute Gasteiger partial charge is 0.483 e. The molecule has 0 radical (unpaired) electrons. The van der Waals surface area contributed by atoms with Crippen LogP contribution in [0.3, 0.4) is 0 Å². The minimum Gasteiger partial charge on any atom is -0.483 e. The third-order valence-corrected chi connectivity index (χ3v) is 2.72. The van der Waals surface area contributed by atoms with Gasteiger partial charge in [-0.15, -0.1) is 0 Å². The highest BCUT2D eigenvalue weighted by molar-refractivity contribution is 5.94. The van der Waals surface area contributed by atoms with E-state index in [9.17, 15) is 17.6 Å². The average molecular weight is 298 g/mol. The van der Waals surface area contributed by atoms with Crippen LogP contribution >= 0.6 is 0 Å². The molecule has 3 N–H and O–H groups in total. The van der Waals surface area contributed by atoms with Gasteiger partial charge in [0.05, 0.1) is 0 Å². The van der Waals surface area contributed by atoms with Crippen molar-refractivity contribution in [2.45, 2.75) is 6.61 Å². The fourth-order valence-electron chi connectivity index (χ4n) is 1.61. The van der Waals surface area contributed by atoms with Gasteiger partial charge in [0.2, 0.25) is 11.6 Å². The molecular formula is C14H10F4N2O. The molecule has 0 unspecified atom stereocenters. The molecule has 0 spiro atoms. The molecule has 7 heteroatoms. The molecule has 0 saturated carbocycles. The standard InChI is InChI=1S/C14H10F4N2O/c15-9-5-10(16)12(18)13(11(9)17)21-6-7-1-3-8(4-2-7)14(19)20/h1-5H,6H2,(H3,19,20). The van der Waals surface area contributed by atoms with Gasteiger partial charge < -0.3 is 10.5 Å². The molecule has 0 saturated heterocycles. The van der Waals surface area contributed by atoms with Crippen molar-refractivity contribution >= 4 is 5.84 Å². The average Bonchev–Trinajstić information content (AvgIpc) is 2.45. The lowest BCUT2D eigenvalue weighted by Gasteiger charge is -2.10. The van der Waals surface area contributed by atoms with Crippen molar-refractivity contribution in [3.8, 4) is 5.75 Å². The molecule has 2 rings (SSSR count). The summed E-state index contributed by atoms with van der Waals surface area (Å²) < 4.78 is 57.5. The summed E-state index contributed by atoms with van der Waals surface area (Å²) in [5.74, 6) is -7.48. The van der Waals surface area contributed by atoms with E-state index in [0.717, 1.165) is 0 Å². The Kier molecular flexibility index (Phi) is 4.11. The summed E-state index contributed by atoms with van der Waals surface area (Å²) in [5.41, 5.74) is 6.23. The van der Waals surface area contributed by atoms with Crippen molar-refractivity contribution < 1.29 is 22.3 Å². The molecule has 0 heterocycles. The number of nitrogens with two attached hydrogens (primary N) is 1. The Morgan fingerprint density at radius 3 is 2.00 bits per heavy atom. The molecule has 0 aliphatic heterocycles. The first-order valence-corrected chi connectivity index (χ1v) is 5.79. The van der Waals surface area contributed by atoms with Crippen molar-refractivity contribution in [2.75, 3.05) is 0 Å². The molecule has 0 aromatic heterocycles. The van der Waals surface area contributed by atoms with Crippen LogP contribution in [0.4, 0.5) is 17.6 Å². The summed E-state index contributed by atoms with van der Waals surface area (Å²) in [6, 6.07) is 6.17. The van der Waals surface area contributed by atoms with E-state index in [-0.39, 0.29) is 18.5 Å². The third-order valence-electron chi connectivity index (χ3n) is 2.72. The normalized spacial score (nSPS) is 10.5. The topological polar surface area (TPSA) is 59.1 Å². The second kappa shape index (κ2) is 5.82. The first-order chi connectivity index (χ1) is 9.90. The van der Waals surface area contributed by atoms with E-state index in [1.165, 1.54) is 24.3 Å². The summed E-state index contributed by atoms with van der Waals surface area (Å²) in [6.07, 6.45) is 0. The molecular weight excluding hydrogens is 288 g/mol. The number of hydrogen-bond donors (Lipinski definition) is 2. The van der Waals surface area contributed by atoms with Gasteiger partial charge in [0, 0.05) is 11.6 Å². The second-order valence-corrected chi connectivity index (χ2v) is 4.20. The van der Waals surface area contributed by atoms with Gasteiger partial charge in [-0.2, -0.15) is 8.78 Å². The summed E-state index contributed by atoms with van der Waals surface area (Å²) in [6.45, 7) is -0.297. The lowest BCUT2D eigenvalue weighted by Crippen LogP contribution is -2.11. The highest BCUT2D eigenvalue weighted by atomic mass is 19.2. The highest BCUT2D eigenvalue weighted by Gasteiger charge is 2.20. The summed E-state index contributed by atoms with van der Waals surface area (Å²) in [7, 11) is 0. The van der Waals surface area contributed by atoms with E-state index in [2.05, 4.69) is 0 Å². The van der Waals surface area contributed by atoms with Gasteiger partial charge in [-0.1, -0.05) is 24.3 Å². The first-order valence-electron chi connectivity index (χ1n) is 5.79. The number of nitrogens with one attached hydrogen (secondary N) is 1. The molecule has 0 aliphatic carbocycles. The maximum atomic E-state index is 13.4. The smallest absolute Gasteiger partial charge is 0.203 e. The third kappa shape index (κ3) is 3.13. The Labute approximate surface area is 117 Å². The summed E-state index contributed by atoms with van der Waals surface area (Å²) in [4.78, 5) is 0. The second-order valence-electron chi connectivity index (χ2n) is 4.20. The van der Waals surface area contributed by atoms with Crippen LogP contribution in [0.2, 0.25) is 0 Å². The lowest BCUT2D eigenvalue weighted by molar-refractivity contribution is 0.261. The molecule has 0 aliphatic rings. The van der Waals surface area contributed by atoms with Crippen molar-refractivity contribution in [1.82, 2.24) is 0 Å². The van der Waals surface area contributed by atoms with Crippen LogP contribution in [0.25, 0.3) is 0 Å². The predicted molar refractivity (Wildman–Crippen MR) is 68.1 cm³/mol. The Balaban J connectivity index is 2.18. The fraction of sp³-hybridized carbons (Fsp3) is 0.0714. The number of nitrogen functional groups attached to an aromatic ring is 1. The zero-order chi connectivity index (χ0) is 15.6. The molecule has 0 amide bonds. The van der Waals surface area contributed by atoms with Gasteiger partial charge in [-0.05, 0) is 5.56 Å². The monoisotopic (exact) mass is 298 g/mol. The Hall–Kier alpha value is -2.57. The number of rotatable bonds is 4. The van der Waals surface area contributed by atoms with Crippen LogP contribution in [0.15, 0.2) is 30.3 Å². The van der Waals surface area contributed by atoms with Gasteiger partial charge in [0.15, 0.2) is 17.4 Å². The SMILES string of the molecule is N=C(N)c1ccc(COc2c(F)c(F)cc(F)c2F)cc1. The summed E-state index contributed by atoms with van der Waals surface area (Å²) >= 11 is 0. The van der Waals surface area contributed by atoms with E-state index < -0.39 is 29.0 Å². The van der Waals surface area contributed by atoms with E-state index in [1.807, 2.05) is 0 Å². The van der Waals surface area contributed by atoms with Crippen molar-refractivity contribution in [3.63, 3.8) is 0 Å². The maximum absolute atomic E-state index is 13.4. The first kappa shape index (κ1) is 14.8. The molecule has 110 valence electrons. The quantitative estimate of drug-likeness (QED) is 0.394. The van der Waals surface area contributed by atoms with E-state index in [1.54, 1.807) is 0 Å². The van der Waals surface area contributed by atoms with E-state index in [4.69, 9.17) is 15.9 Å². The van der Waals surface area contributed by atoms with Crippen molar-refractivity contribution in [1.29, 1.82) is 5.41 Å². The van der Waals surface area contributed by atoms with Crippen LogP contribution in [0.5, 0.6) is 5.75 Å². The number of ether oxygens (including phenoxy) is 1. The number of amidine groups is 1. The Bertz CT molecular complexity index is 660. The van der Waals surface area contributed by atoms with Crippen LogP contribution < -0.4 is 10.5 Å². The van der Waals surface area contributed by atoms with Gasteiger partial charge in [0.25, 0.3) is 0 Å². The van der Waals surface area contributed by atoms with Gasteiger partial charge >= 0.3 is 0 Å². The zero-order valence-electron chi connectivity index (χ0n) is 10.6. The molecule has 21 heavy (non-hydrogen) atoms. The molecule has 3 nitrogen and oxygen atoms in total. The predicted octanol–water partition coefficient (Wildman–Crippen LogP) is 3.11. The minimum atomic E-state index is -1.59. The van der Waals surface area contributed by atoms with Crippen molar-refractivity contribution in [2.24, 2.45) is 5.73 Å². The van der Waals surface area contributed by atoms with E-state index in [0.29, 0.717) is 11.1 Å². The van der Waals surface area contributed by atoms with Crippen LogP contribution in [0.1, 0.15) is 11.1 Å². The Morgan fingerprint density at radius 2 is 1.52 bits per heavy atom. The minimum absolute atomic E-state index is 0.110. The molecule has 0 bridgehead atoms. The molecule has 0 fully saturated rings. The van der Waals surface area contributed by atoms with Crippen LogP contribution in [0, 0.1) is 28.7 Å². The van der Waals surface area contributed by atoms with Crippen LogP contribution in [-0.4, -0.2) is 5.84 Å². The maximum Gasteiger partial charge on any atom is 0.203 e. The molecule has 0 atom stereocenters. The van der Waals surface area contributed by atoms with Crippen LogP contribution in [-0.2, 0) is 6.61 Å². The van der Waals surface area contributed by atoms with E-state index >= 15 is 0 Å². The molecule has 2 aromatic carbocycles. The highest BCUT2D eigenvalue weighted by Crippen LogP contribution is 2.27. The number of benzene rings is 2. The van der Waals surface area contributed by atoms with Gasteiger partial charge in [0.1, 0.15) is 12.4 Å². The summed E-state index contributed by atoms with van der Waals surface area (Å²) in [5, 5.41) is 7.21. The number of hydrogen-bond acceptors (Lipinski definition) is 2. The lowest BCUT2D eigenvalue weighted by atomic mass is 10.1. The van der Waals surface area contributed by atoms with Crippen molar-refractivity contribution in [3.05, 3.63) is 64.7 Å². The number of halogens is 4. The molecule has 2 aromatic rings.